The molecule has 2 N–H and O–H groups in total. The van der Waals surface area contributed by atoms with Gasteiger partial charge in [0.25, 0.3) is 0 Å². The van der Waals surface area contributed by atoms with E-state index in [0.717, 1.165) is 31.9 Å². The van der Waals surface area contributed by atoms with E-state index in [1.807, 2.05) is 0 Å². The van der Waals surface area contributed by atoms with Crippen LogP contribution in [0.3, 0.4) is 0 Å². The van der Waals surface area contributed by atoms with Gasteiger partial charge in [-0.3, -0.25) is 14.5 Å². The molecule has 27 heavy (non-hydrogen) atoms. The summed E-state index contributed by atoms with van der Waals surface area (Å²) in [4.78, 5) is 27.9. The van der Waals surface area contributed by atoms with Crippen LogP contribution in [0.2, 0.25) is 0 Å². The first-order valence-corrected chi connectivity index (χ1v) is 9.21. The largest absolute Gasteiger partial charge is 0.369 e. The lowest BCUT2D eigenvalue weighted by molar-refractivity contribution is -0.117. The number of anilines is 3. The van der Waals surface area contributed by atoms with Crippen LogP contribution in [0.15, 0.2) is 48.5 Å². The highest BCUT2D eigenvalue weighted by Crippen LogP contribution is 2.18. The van der Waals surface area contributed by atoms with Crippen LogP contribution in [0, 0.1) is 6.92 Å². The molecule has 2 aromatic carbocycles. The van der Waals surface area contributed by atoms with E-state index in [4.69, 9.17) is 0 Å². The summed E-state index contributed by atoms with van der Waals surface area (Å²) in [6.45, 7) is 7.52. The summed E-state index contributed by atoms with van der Waals surface area (Å²) < 4.78 is 0. The Labute approximate surface area is 160 Å². The number of aryl methyl sites for hydroxylation is 1. The number of hydrogen-bond acceptors (Lipinski definition) is 4. The maximum Gasteiger partial charge on any atom is 0.238 e. The molecule has 6 heteroatoms. The molecule has 1 fully saturated rings. The highest BCUT2D eigenvalue weighted by Gasteiger charge is 2.19. The Hall–Kier alpha value is -2.86. The normalized spacial score (nSPS) is 14.7. The number of piperazine rings is 1. The molecule has 0 atom stereocenters. The summed E-state index contributed by atoms with van der Waals surface area (Å²) >= 11 is 0. The van der Waals surface area contributed by atoms with Crippen LogP contribution in [0.5, 0.6) is 0 Å². The van der Waals surface area contributed by atoms with Gasteiger partial charge in [0.1, 0.15) is 0 Å². The molecule has 1 heterocycles. The third-order valence-corrected chi connectivity index (χ3v) is 4.60. The zero-order valence-corrected chi connectivity index (χ0v) is 15.9. The molecular formula is C21H26N4O2. The van der Waals surface area contributed by atoms with Crippen molar-refractivity contribution in [2.24, 2.45) is 0 Å². The minimum Gasteiger partial charge on any atom is -0.369 e. The maximum atomic E-state index is 12.3. The molecule has 2 aromatic rings. The lowest BCUT2D eigenvalue weighted by Gasteiger charge is -2.35. The lowest BCUT2D eigenvalue weighted by atomic mass is 10.2. The third-order valence-electron chi connectivity index (χ3n) is 4.60. The van der Waals surface area contributed by atoms with Gasteiger partial charge in [0.15, 0.2) is 0 Å². The molecule has 6 nitrogen and oxygen atoms in total. The molecule has 3 rings (SSSR count). The van der Waals surface area contributed by atoms with Crippen LogP contribution < -0.4 is 15.5 Å². The Balaban J connectivity index is 1.46. The molecule has 0 spiro atoms. The molecular weight excluding hydrogens is 340 g/mol. The Kier molecular flexibility index (Phi) is 6.08. The summed E-state index contributed by atoms with van der Waals surface area (Å²) in [5, 5.41) is 5.62. The van der Waals surface area contributed by atoms with E-state index < -0.39 is 0 Å². The van der Waals surface area contributed by atoms with E-state index in [-0.39, 0.29) is 11.8 Å². The first-order valence-electron chi connectivity index (χ1n) is 9.21. The van der Waals surface area contributed by atoms with Gasteiger partial charge in [-0.25, -0.2) is 0 Å². The molecule has 0 unspecified atom stereocenters. The summed E-state index contributed by atoms with van der Waals surface area (Å²) in [6.07, 6.45) is 0. The number of carbonyl (C=O) groups excluding carboxylic acids is 2. The van der Waals surface area contributed by atoms with Gasteiger partial charge < -0.3 is 15.5 Å². The van der Waals surface area contributed by atoms with Crippen LogP contribution >= 0.6 is 0 Å². The van der Waals surface area contributed by atoms with Gasteiger partial charge in [0.2, 0.25) is 11.8 Å². The lowest BCUT2D eigenvalue weighted by Crippen LogP contribution is -2.48. The van der Waals surface area contributed by atoms with Crippen molar-refractivity contribution in [2.75, 3.05) is 48.3 Å². The van der Waals surface area contributed by atoms with Crippen LogP contribution in [0.25, 0.3) is 0 Å². The molecule has 0 saturated carbocycles. The van der Waals surface area contributed by atoms with Crippen molar-refractivity contribution in [2.45, 2.75) is 13.8 Å². The van der Waals surface area contributed by atoms with Gasteiger partial charge in [-0.15, -0.1) is 0 Å². The van der Waals surface area contributed by atoms with E-state index in [1.54, 1.807) is 24.3 Å². The SMILES string of the molecule is CC(=O)Nc1ccc(NC(=O)CN2CCN(c3cccc(C)c3)CC2)cc1. The summed E-state index contributed by atoms with van der Waals surface area (Å²) in [6, 6.07) is 15.7. The van der Waals surface area contributed by atoms with Crippen LogP contribution in [0.4, 0.5) is 17.1 Å². The molecule has 1 aliphatic heterocycles. The average Bonchev–Trinajstić information content (AvgIpc) is 2.63. The molecule has 1 saturated heterocycles. The molecule has 0 aliphatic carbocycles. The third kappa shape index (κ3) is 5.56. The van der Waals surface area contributed by atoms with E-state index in [9.17, 15) is 9.59 Å². The Morgan fingerprint density at radius 3 is 2.15 bits per heavy atom. The summed E-state index contributed by atoms with van der Waals surface area (Å²) in [5.74, 6) is -0.136. The number of carbonyl (C=O) groups is 2. The summed E-state index contributed by atoms with van der Waals surface area (Å²) in [5.41, 5.74) is 3.96. The van der Waals surface area contributed by atoms with Crippen molar-refractivity contribution in [3.8, 4) is 0 Å². The quantitative estimate of drug-likeness (QED) is 0.854. The van der Waals surface area contributed by atoms with Gasteiger partial charge in [-0.1, -0.05) is 12.1 Å². The molecule has 142 valence electrons. The van der Waals surface area contributed by atoms with Crippen molar-refractivity contribution in [1.82, 2.24) is 4.90 Å². The smallest absolute Gasteiger partial charge is 0.238 e. The number of amides is 2. The Bertz CT molecular complexity index is 796. The van der Waals surface area contributed by atoms with E-state index in [2.05, 4.69) is 51.6 Å². The monoisotopic (exact) mass is 366 g/mol. The average molecular weight is 366 g/mol. The molecule has 0 bridgehead atoms. The molecule has 1 aliphatic rings. The Morgan fingerprint density at radius 2 is 1.56 bits per heavy atom. The second-order valence-electron chi connectivity index (χ2n) is 6.91. The topological polar surface area (TPSA) is 64.7 Å². The van der Waals surface area contributed by atoms with E-state index >= 15 is 0 Å². The second-order valence-corrected chi connectivity index (χ2v) is 6.91. The van der Waals surface area contributed by atoms with Gasteiger partial charge >= 0.3 is 0 Å². The van der Waals surface area contributed by atoms with Crippen LogP contribution in [-0.4, -0.2) is 49.4 Å². The summed E-state index contributed by atoms with van der Waals surface area (Å²) in [7, 11) is 0. The molecule has 2 amide bonds. The number of nitrogens with zero attached hydrogens (tertiary/aromatic N) is 2. The van der Waals surface area contributed by atoms with Crippen molar-refractivity contribution in [1.29, 1.82) is 0 Å². The van der Waals surface area contributed by atoms with Gasteiger partial charge in [-0.05, 0) is 48.9 Å². The molecule has 0 aromatic heterocycles. The van der Waals surface area contributed by atoms with Gasteiger partial charge in [0.05, 0.1) is 6.54 Å². The number of rotatable bonds is 5. The standard InChI is InChI=1S/C21H26N4O2/c1-16-4-3-5-20(14-16)25-12-10-24(11-13-25)15-21(27)23-19-8-6-18(7-9-19)22-17(2)26/h3-9,14H,10-13,15H2,1-2H3,(H,22,26)(H,23,27). The minimum atomic E-state index is -0.114. The van der Waals surface area contributed by atoms with Crippen molar-refractivity contribution in [3.05, 3.63) is 54.1 Å². The highest BCUT2D eigenvalue weighted by atomic mass is 16.2. The first-order chi connectivity index (χ1) is 13.0. The minimum absolute atomic E-state index is 0.0220. The fourth-order valence-corrected chi connectivity index (χ4v) is 3.23. The van der Waals surface area contributed by atoms with Crippen molar-refractivity contribution in [3.63, 3.8) is 0 Å². The van der Waals surface area contributed by atoms with E-state index in [1.165, 1.54) is 18.2 Å². The zero-order chi connectivity index (χ0) is 19.2. The zero-order valence-electron chi connectivity index (χ0n) is 15.9. The Morgan fingerprint density at radius 1 is 0.926 bits per heavy atom. The first kappa shape index (κ1) is 18.9. The predicted molar refractivity (Wildman–Crippen MR) is 109 cm³/mol. The molecule has 0 radical (unpaired) electrons. The fraction of sp³-hybridized carbons (Fsp3) is 0.333. The van der Waals surface area contributed by atoms with E-state index in [0.29, 0.717) is 12.2 Å². The van der Waals surface area contributed by atoms with Gasteiger partial charge in [0, 0.05) is 50.2 Å². The number of nitrogens with one attached hydrogen (secondary N) is 2. The van der Waals surface area contributed by atoms with Crippen molar-refractivity contribution < 1.29 is 9.59 Å². The van der Waals surface area contributed by atoms with Crippen molar-refractivity contribution >= 4 is 28.9 Å². The number of hydrogen-bond donors (Lipinski definition) is 2. The van der Waals surface area contributed by atoms with Crippen LogP contribution in [0.1, 0.15) is 12.5 Å². The second kappa shape index (κ2) is 8.68. The predicted octanol–water partition coefficient (Wildman–Crippen LogP) is 2.71. The number of benzene rings is 2. The van der Waals surface area contributed by atoms with Crippen LogP contribution in [-0.2, 0) is 9.59 Å². The maximum absolute atomic E-state index is 12.3. The fourth-order valence-electron chi connectivity index (χ4n) is 3.23. The highest BCUT2D eigenvalue weighted by molar-refractivity contribution is 5.93. The van der Waals surface area contributed by atoms with Gasteiger partial charge in [-0.2, -0.15) is 0 Å².